The predicted molar refractivity (Wildman–Crippen MR) is 94.2 cm³/mol. The standard InChI is InChI=1S/C17H27N3O3S/c1-13(2)11-19-24(22,23)15-7-5-14(6-8-15)16(21)20-17(12-18)9-3-4-10-17/h5-8,13,19H,3-4,9-12,18H2,1-2H3,(H,20,21). The predicted octanol–water partition coefficient (Wildman–Crippen LogP) is 1.62. The molecule has 1 saturated carbocycles. The molecule has 24 heavy (non-hydrogen) atoms. The van der Waals surface area contributed by atoms with Gasteiger partial charge in [-0.2, -0.15) is 0 Å². The number of nitrogens with two attached hydrogens (primary N) is 1. The Morgan fingerprint density at radius 1 is 1.21 bits per heavy atom. The molecule has 1 aliphatic rings. The summed E-state index contributed by atoms with van der Waals surface area (Å²) in [6.07, 6.45) is 3.91. The molecule has 134 valence electrons. The van der Waals surface area contributed by atoms with E-state index >= 15 is 0 Å². The van der Waals surface area contributed by atoms with Gasteiger partial charge in [-0.15, -0.1) is 0 Å². The van der Waals surface area contributed by atoms with E-state index in [0.29, 0.717) is 18.7 Å². The summed E-state index contributed by atoms with van der Waals surface area (Å²) in [5, 5.41) is 3.03. The molecule has 0 bridgehead atoms. The smallest absolute Gasteiger partial charge is 0.251 e. The molecule has 0 aliphatic heterocycles. The molecule has 2 rings (SSSR count). The number of nitrogens with one attached hydrogen (secondary N) is 2. The van der Waals surface area contributed by atoms with E-state index in [-0.39, 0.29) is 22.3 Å². The molecule has 0 atom stereocenters. The SMILES string of the molecule is CC(C)CNS(=O)(=O)c1ccc(C(=O)NC2(CN)CCCC2)cc1. The van der Waals surface area contributed by atoms with Crippen LogP contribution in [0.2, 0.25) is 0 Å². The summed E-state index contributed by atoms with van der Waals surface area (Å²) < 4.78 is 26.9. The minimum absolute atomic E-state index is 0.161. The molecule has 6 nitrogen and oxygen atoms in total. The van der Waals surface area contributed by atoms with Gasteiger partial charge in [0.25, 0.3) is 5.91 Å². The van der Waals surface area contributed by atoms with Crippen molar-refractivity contribution in [3.63, 3.8) is 0 Å². The van der Waals surface area contributed by atoms with Crippen LogP contribution >= 0.6 is 0 Å². The number of carbonyl (C=O) groups excluding carboxylic acids is 1. The molecule has 1 amide bonds. The Balaban J connectivity index is 2.07. The van der Waals surface area contributed by atoms with Gasteiger partial charge in [0.15, 0.2) is 0 Å². The molecule has 0 saturated heterocycles. The Hall–Kier alpha value is -1.44. The van der Waals surface area contributed by atoms with Gasteiger partial charge in [-0.1, -0.05) is 26.7 Å². The highest BCUT2D eigenvalue weighted by atomic mass is 32.2. The fraction of sp³-hybridized carbons (Fsp3) is 0.588. The van der Waals surface area contributed by atoms with Crippen LogP contribution < -0.4 is 15.8 Å². The number of carbonyl (C=O) groups is 1. The number of amides is 1. The average Bonchev–Trinajstić information content (AvgIpc) is 3.02. The lowest BCUT2D eigenvalue weighted by molar-refractivity contribution is 0.0903. The molecule has 0 unspecified atom stereocenters. The van der Waals surface area contributed by atoms with E-state index in [4.69, 9.17) is 5.73 Å². The van der Waals surface area contributed by atoms with Crippen LogP contribution in [0.5, 0.6) is 0 Å². The fourth-order valence-corrected chi connectivity index (χ4v) is 4.10. The topological polar surface area (TPSA) is 101 Å². The summed E-state index contributed by atoms with van der Waals surface area (Å²) in [5.74, 6) is 0.0186. The van der Waals surface area contributed by atoms with Gasteiger partial charge < -0.3 is 11.1 Å². The summed E-state index contributed by atoms with van der Waals surface area (Å²) in [6.45, 7) is 4.67. The van der Waals surface area contributed by atoms with Crippen LogP contribution in [0.25, 0.3) is 0 Å². The maximum atomic E-state index is 12.4. The van der Waals surface area contributed by atoms with Crippen LogP contribution in [-0.2, 0) is 10.0 Å². The summed E-state index contributed by atoms with van der Waals surface area (Å²) in [4.78, 5) is 12.6. The van der Waals surface area contributed by atoms with Crippen LogP contribution in [0.3, 0.4) is 0 Å². The summed E-state index contributed by atoms with van der Waals surface area (Å²) in [5.41, 5.74) is 5.96. The highest BCUT2D eigenvalue weighted by Crippen LogP contribution is 2.29. The Bertz CT molecular complexity index is 663. The lowest BCUT2D eigenvalue weighted by Gasteiger charge is -2.28. The van der Waals surface area contributed by atoms with E-state index in [2.05, 4.69) is 10.0 Å². The van der Waals surface area contributed by atoms with Crippen LogP contribution in [0, 0.1) is 5.92 Å². The molecule has 4 N–H and O–H groups in total. The Morgan fingerprint density at radius 3 is 2.29 bits per heavy atom. The normalized spacial score (nSPS) is 17.2. The van der Waals surface area contributed by atoms with E-state index in [1.165, 1.54) is 12.1 Å². The average molecular weight is 353 g/mol. The molecule has 1 aromatic rings. The van der Waals surface area contributed by atoms with Crippen LogP contribution in [0.15, 0.2) is 29.2 Å². The Morgan fingerprint density at radius 2 is 1.79 bits per heavy atom. The minimum atomic E-state index is -3.54. The lowest BCUT2D eigenvalue weighted by atomic mass is 9.97. The third-order valence-electron chi connectivity index (χ3n) is 4.44. The summed E-state index contributed by atoms with van der Waals surface area (Å²) in [7, 11) is -3.54. The highest BCUT2D eigenvalue weighted by Gasteiger charge is 2.34. The zero-order valence-electron chi connectivity index (χ0n) is 14.3. The number of hydrogen-bond acceptors (Lipinski definition) is 4. The summed E-state index contributed by atoms with van der Waals surface area (Å²) in [6, 6.07) is 6.00. The lowest BCUT2D eigenvalue weighted by Crippen LogP contribution is -2.51. The molecule has 1 fully saturated rings. The molecule has 0 spiro atoms. The first-order chi connectivity index (χ1) is 11.3. The van der Waals surface area contributed by atoms with Crippen LogP contribution in [0.1, 0.15) is 49.9 Å². The molecule has 0 heterocycles. The van der Waals surface area contributed by atoms with Crippen molar-refractivity contribution < 1.29 is 13.2 Å². The van der Waals surface area contributed by atoms with Gasteiger partial charge in [-0.05, 0) is 43.0 Å². The zero-order valence-corrected chi connectivity index (χ0v) is 15.2. The molecule has 1 aromatic carbocycles. The molecule has 0 aromatic heterocycles. The number of rotatable bonds is 7. The monoisotopic (exact) mass is 353 g/mol. The van der Waals surface area contributed by atoms with Gasteiger partial charge in [0, 0.05) is 18.7 Å². The van der Waals surface area contributed by atoms with Crippen molar-refractivity contribution in [1.82, 2.24) is 10.0 Å². The van der Waals surface area contributed by atoms with E-state index in [1.54, 1.807) is 12.1 Å². The fourth-order valence-electron chi connectivity index (χ4n) is 2.89. The maximum Gasteiger partial charge on any atom is 0.251 e. The van der Waals surface area contributed by atoms with Crippen molar-refractivity contribution in [3.8, 4) is 0 Å². The Labute approximate surface area is 144 Å². The third kappa shape index (κ3) is 4.55. The van der Waals surface area contributed by atoms with Crippen LogP contribution in [0.4, 0.5) is 0 Å². The molecular weight excluding hydrogens is 326 g/mol. The second-order valence-corrected chi connectivity index (χ2v) is 8.68. The van der Waals surface area contributed by atoms with Crippen molar-refractivity contribution in [1.29, 1.82) is 0 Å². The van der Waals surface area contributed by atoms with Crippen LogP contribution in [-0.4, -0.2) is 33.0 Å². The molecule has 0 radical (unpaired) electrons. The Kier molecular flexibility index (Phi) is 6.01. The van der Waals surface area contributed by atoms with Gasteiger partial charge in [0.05, 0.1) is 10.4 Å². The first kappa shape index (κ1) is 18.9. The van der Waals surface area contributed by atoms with Gasteiger partial charge in [0.2, 0.25) is 10.0 Å². The van der Waals surface area contributed by atoms with Gasteiger partial charge in [0.1, 0.15) is 0 Å². The molecular formula is C17H27N3O3S. The second kappa shape index (κ2) is 7.63. The highest BCUT2D eigenvalue weighted by molar-refractivity contribution is 7.89. The van der Waals surface area contributed by atoms with Gasteiger partial charge >= 0.3 is 0 Å². The number of hydrogen-bond donors (Lipinski definition) is 3. The van der Waals surface area contributed by atoms with Crippen molar-refractivity contribution in [2.75, 3.05) is 13.1 Å². The summed E-state index contributed by atoms with van der Waals surface area (Å²) >= 11 is 0. The van der Waals surface area contributed by atoms with Crippen molar-refractivity contribution in [3.05, 3.63) is 29.8 Å². The number of benzene rings is 1. The number of sulfonamides is 1. The van der Waals surface area contributed by atoms with E-state index in [0.717, 1.165) is 25.7 Å². The van der Waals surface area contributed by atoms with Crippen molar-refractivity contribution in [2.45, 2.75) is 50.0 Å². The van der Waals surface area contributed by atoms with Gasteiger partial charge in [-0.3, -0.25) is 4.79 Å². The third-order valence-corrected chi connectivity index (χ3v) is 5.88. The first-order valence-corrected chi connectivity index (χ1v) is 9.89. The minimum Gasteiger partial charge on any atom is -0.345 e. The van der Waals surface area contributed by atoms with Crippen molar-refractivity contribution in [2.24, 2.45) is 11.7 Å². The quantitative estimate of drug-likeness (QED) is 0.693. The first-order valence-electron chi connectivity index (χ1n) is 8.40. The largest absolute Gasteiger partial charge is 0.345 e. The zero-order chi connectivity index (χ0) is 17.8. The molecule has 7 heteroatoms. The van der Waals surface area contributed by atoms with Crippen molar-refractivity contribution >= 4 is 15.9 Å². The van der Waals surface area contributed by atoms with E-state index in [1.807, 2.05) is 13.8 Å². The van der Waals surface area contributed by atoms with Gasteiger partial charge in [-0.25, -0.2) is 13.1 Å². The van der Waals surface area contributed by atoms with E-state index < -0.39 is 10.0 Å². The second-order valence-electron chi connectivity index (χ2n) is 6.92. The maximum absolute atomic E-state index is 12.4. The molecule has 1 aliphatic carbocycles. The van der Waals surface area contributed by atoms with E-state index in [9.17, 15) is 13.2 Å².